The van der Waals surface area contributed by atoms with Crippen LogP contribution in [0.4, 0.5) is 17.1 Å². The van der Waals surface area contributed by atoms with Crippen LogP contribution in [0.15, 0.2) is 42.5 Å². The zero-order valence-corrected chi connectivity index (χ0v) is 26.3. The van der Waals surface area contributed by atoms with Crippen LogP contribution < -0.4 is 0 Å². The molecule has 14 nitrogen and oxygen atoms in total. The van der Waals surface area contributed by atoms with Crippen molar-refractivity contribution < 1.29 is 38.5 Å². The van der Waals surface area contributed by atoms with E-state index in [1.807, 2.05) is 43.9 Å². The Bertz CT molecular complexity index is 1780. The monoisotopic (exact) mass is 674 g/mol. The molecule has 15 heteroatoms. The summed E-state index contributed by atoms with van der Waals surface area (Å²) < 4.78 is 21.0. The predicted octanol–water partition coefficient (Wildman–Crippen LogP) is 6.30. The van der Waals surface area contributed by atoms with E-state index in [9.17, 15) is 35.1 Å². The summed E-state index contributed by atoms with van der Waals surface area (Å²) in [5, 5.41) is 36.2. The number of benzene rings is 2. The minimum Gasteiger partial charge on any atom is -0.460 e. The lowest BCUT2D eigenvalue weighted by atomic mass is 9.97. The zero-order valence-electron chi connectivity index (χ0n) is 25.5. The van der Waals surface area contributed by atoms with E-state index in [2.05, 4.69) is 0 Å². The quantitative estimate of drug-likeness (QED) is 0.0563. The molecule has 0 N–H and O–H groups in total. The Labute approximate surface area is 279 Å². The highest BCUT2D eigenvalue weighted by molar-refractivity contribution is 7.13. The fraction of sp³-hybridized carbons (Fsp3) is 0.212. The third-order valence-electron chi connectivity index (χ3n) is 7.22. The van der Waals surface area contributed by atoms with Gasteiger partial charge in [-0.05, 0) is 61.1 Å². The smallest absolute Gasteiger partial charge is 0.339 e. The van der Waals surface area contributed by atoms with E-state index in [0.717, 1.165) is 22.9 Å². The first-order valence-corrected chi connectivity index (χ1v) is 15.3. The highest BCUT2D eigenvalue weighted by atomic mass is 32.1. The van der Waals surface area contributed by atoms with Crippen LogP contribution in [0.3, 0.4) is 0 Å². The molecule has 0 atom stereocenters. The maximum atomic E-state index is 13.4. The largest absolute Gasteiger partial charge is 0.460 e. The average Bonchev–Trinajstić information content (AvgIpc) is 3.82. The summed E-state index contributed by atoms with van der Waals surface area (Å²) in [6.07, 6.45) is 13.2. The van der Waals surface area contributed by atoms with Crippen molar-refractivity contribution >= 4 is 52.1 Å². The molecule has 1 fully saturated rings. The van der Waals surface area contributed by atoms with Gasteiger partial charge in [0.15, 0.2) is 0 Å². The van der Waals surface area contributed by atoms with Crippen molar-refractivity contribution in [3.05, 3.63) is 131 Å². The summed E-state index contributed by atoms with van der Waals surface area (Å²) in [5.41, 5.74) is -1.56. The molecule has 48 heavy (non-hydrogen) atoms. The van der Waals surface area contributed by atoms with Crippen LogP contribution in [0, 0.1) is 61.9 Å². The number of allylic oxidation sites excluding steroid dienone is 1. The molecular formula is C33H28N3O11S. The van der Waals surface area contributed by atoms with E-state index in [0.29, 0.717) is 18.1 Å². The lowest BCUT2D eigenvalue weighted by molar-refractivity contribution is -0.393. The van der Waals surface area contributed by atoms with Gasteiger partial charge < -0.3 is 18.9 Å². The maximum absolute atomic E-state index is 13.4. The average molecular weight is 675 g/mol. The number of hydrogen-bond donors (Lipinski definition) is 0. The SMILES string of the molecule is COCCOCCOCCOC(=O)c1cc([N+](=O)[O-])cc2c1-c1c(cc([N+](=O)[O-])cc1[N+](=O)[O-])/C2=C\c1ccc(/C=C/[C]2[CH][CH][CH][CH]2)s1. The molecule has 1 saturated carbocycles. The highest BCUT2D eigenvalue weighted by Gasteiger charge is 2.38. The third-order valence-corrected chi connectivity index (χ3v) is 8.22. The fourth-order valence-electron chi connectivity index (χ4n) is 5.10. The minimum atomic E-state index is -0.981. The number of methoxy groups -OCH3 is 1. The molecule has 0 amide bonds. The molecule has 5 radical (unpaired) electrons. The Morgan fingerprint density at radius 1 is 0.750 bits per heavy atom. The molecule has 247 valence electrons. The second-order valence-electron chi connectivity index (χ2n) is 10.3. The van der Waals surface area contributed by atoms with E-state index in [1.54, 1.807) is 19.3 Å². The van der Waals surface area contributed by atoms with Crippen molar-refractivity contribution in [2.45, 2.75) is 0 Å². The summed E-state index contributed by atoms with van der Waals surface area (Å²) >= 11 is 1.37. The molecule has 2 aromatic carbocycles. The summed E-state index contributed by atoms with van der Waals surface area (Å²) in [4.78, 5) is 48.9. The Morgan fingerprint density at radius 3 is 2.00 bits per heavy atom. The summed E-state index contributed by atoms with van der Waals surface area (Å²) in [6.45, 7) is 1.09. The number of ether oxygens (including phenoxy) is 4. The van der Waals surface area contributed by atoms with Gasteiger partial charge in [-0.3, -0.25) is 30.3 Å². The Balaban J connectivity index is 1.53. The summed E-state index contributed by atoms with van der Waals surface area (Å²) in [6, 6.07) is 7.81. The third kappa shape index (κ3) is 7.99. The van der Waals surface area contributed by atoms with Gasteiger partial charge in [-0.1, -0.05) is 6.08 Å². The van der Waals surface area contributed by atoms with Crippen LogP contribution in [-0.4, -0.2) is 67.5 Å². The van der Waals surface area contributed by atoms with Crippen molar-refractivity contribution in [1.29, 1.82) is 0 Å². The van der Waals surface area contributed by atoms with E-state index in [-0.39, 0.29) is 59.8 Å². The predicted molar refractivity (Wildman–Crippen MR) is 176 cm³/mol. The van der Waals surface area contributed by atoms with Crippen LogP contribution in [0.25, 0.3) is 28.9 Å². The van der Waals surface area contributed by atoms with Gasteiger partial charge in [0, 0.05) is 52.1 Å². The number of fused-ring (bicyclic) bond motifs is 3. The van der Waals surface area contributed by atoms with Crippen molar-refractivity contribution in [2.75, 3.05) is 46.8 Å². The number of carbonyl (C=O) groups excluding carboxylic acids is 1. The number of nitro benzene ring substituents is 3. The second-order valence-corrected chi connectivity index (χ2v) is 11.4. The van der Waals surface area contributed by atoms with Crippen molar-refractivity contribution in [2.24, 2.45) is 0 Å². The molecule has 0 unspecified atom stereocenters. The number of carbonyl (C=O) groups is 1. The van der Waals surface area contributed by atoms with Gasteiger partial charge in [0.05, 0.1) is 65.0 Å². The van der Waals surface area contributed by atoms with Gasteiger partial charge in [0.25, 0.3) is 17.1 Å². The lowest BCUT2D eigenvalue weighted by Crippen LogP contribution is -2.15. The van der Waals surface area contributed by atoms with E-state index in [4.69, 9.17) is 18.9 Å². The van der Waals surface area contributed by atoms with Gasteiger partial charge in [0.2, 0.25) is 0 Å². The first-order chi connectivity index (χ1) is 23.2. The first-order valence-electron chi connectivity index (χ1n) is 14.5. The molecule has 5 rings (SSSR count). The number of hydrogen-bond acceptors (Lipinski definition) is 12. The van der Waals surface area contributed by atoms with Gasteiger partial charge >= 0.3 is 5.97 Å². The molecular weight excluding hydrogens is 646 g/mol. The van der Waals surface area contributed by atoms with Gasteiger partial charge in [-0.25, -0.2) is 4.79 Å². The molecule has 0 bridgehead atoms. The van der Waals surface area contributed by atoms with E-state index < -0.39 is 37.8 Å². The number of rotatable bonds is 16. The minimum absolute atomic E-state index is 0.00814. The van der Waals surface area contributed by atoms with Crippen molar-refractivity contribution in [3.8, 4) is 11.1 Å². The molecule has 1 heterocycles. The van der Waals surface area contributed by atoms with Crippen LogP contribution in [0.5, 0.6) is 0 Å². The van der Waals surface area contributed by atoms with E-state index >= 15 is 0 Å². The summed E-state index contributed by atoms with van der Waals surface area (Å²) in [7, 11) is 1.55. The van der Waals surface area contributed by atoms with Crippen LogP contribution in [0.2, 0.25) is 0 Å². The molecule has 1 aromatic heterocycles. The molecule has 0 saturated heterocycles. The molecule has 2 aliphatic carbocycles. The summed E-state index contributed by atoms with van der Waals surface area (Å²) in [5.74, 6) is 0.0256. The van der Waals surface area contributed by atoms with Crippen LogP contribution in [-0.2, 0) is 18.9 Å². The Kier molecular flexibility index (Phi) is 11.4. The lowest BCUT2D eigenvalue weighted by Gasteiger charge is -2.11. The van der Waals surface area contributed by atoms with Gasteiger partial charge in [0.1, 0.15) is 6.61 Å². The van der Waals surface area contributed by atoms with Crippen LogP contribution >= 0.6 is 11.3 Å². The van der Waals surface area contributed by atoms with E-state index in [1.165, 1.54) is 23.5 Å². The number of non-ortho nitro benzene ring substituents is 2. The molecule has 2 aliphatic rings. The number of esters is 1. The normalized spacial score (nSPS) is 14.8. The Morgan fingerprint density at radius 2 is 1.35 bits per heavy atom. The standard InChI is InChI=1S/C33H28N3O11S/c1-44-10-11-45-12-13-46-14-15-47-33(37)29-18-22(34(38)39)16-27-26(20-25-9-8-24(48-25)7-6-21-4-2-3-5-21)28-17-23(35(40)41)19-30(36(42)43)32(28)31(27)29/h2-9,16-20H,10-15H2,1H3/b7-6+,26-20-. The fourth-order valence-corrected chi connectivity index (χ4v) is 5.96. The maximum Gasteiger partial charge on any atom is 0.339 e. The highest BCUT2D eigenvalue weighted by Crippen LogP contribution is 2.53. The second kappa shape index (κ2) is 15.8. The topological polar surface area (TPSA) is 183 Å². The zero-order chi connectivity index (χ0) is 34.2. The Hall–Kier alpha value is -4.83. The number of nitro groups is 3. The molecule has 0 spiro atoms. The number of nitrogens with zero attached hydrogens (tertiary/aromatic N) is 3. The van der Waals surface area contributed by atoms with Crippen molar-refractivity contribution in [1.82, 2.24) is 0 Å². The number of thiophene rings is 1. The van der Waals surface area contributed by atoms with Crippen molar-refractivity contribution in [3.63, 3.8) is 0 Å². The molecule has 3 aromatic rings. The van der Waals surface area contributed by atoms with Gasteiger partial charge in [-0.15, -0.1) is 11.3 Å². The van der Waals surface area contributed by atoms with Crippen LogP contribution in [0.1, 0.15) is 31.2 Å². The van der Waals surface area contributed by atoms with Gasteiger partial charge in [-0.2, -0.15) is 0 Å². The molecule has 0 aliphatic heterocycles. The first kappa shape index (κ1) is 34.5.